The minimum atomic E-state index is 0.771. The third-order valence-corrected chi connectivity index (χ3v) is 4.36. The molecule has 0 spiro atoms. The third-order valence-electron chi connectivity index (χ3n) is 4.36. The standard InChI is InChI=1S/C19H19N5/c1-12-10-15-6-4-5-7-17(15)21-16(12)8-9-18-22-19-14(3)20-11-13(2)24(19)23-18/h4-7,10-11H,8-9H2,1-3H3. The summed E-state index contributed by atoms with van der Waals surface area (Å²) < 4.78 is 1.87. The van der Waals surface area contributed by atoms with Crippen LogP contribution in [0.25, 0.3) is 16.6 Å². The topological polar surface area (TPSA) is 56.0 Å². The Hall–Kier alpha value is -2.82. The van der Waals surface area contributed by atoms with Crippen molar-refractivity contribution in [2.45, 2.75) is 33.6 Å². The van der Waals surface area contributed by atoms with E-state index in [2.05, 4.69) is 40.2 Å². The molecule has 0 N–H and O–H groups in total. The molecule has 0 aliphatic carbocycles. The van der Waals surface area contributed by atoms with Crippen LogP contribution in [0.4, 0.5) is 0 Å². The van der Waals surface area contributed by atoms with Gasteiger partial charge in [-0.2, -0.15) is 5.10 Å². The van der Waals surface area contributed by atoms with Gasteiger partial charge in [-0.1, -0.05) is 18.2 Å². The number of nitrogens with zero attached hydrogens (tertiary/aromatic N) is 5. The molecule has 0 unspecified atom stereocenters. The third kappa shape index (κ3) is 2.52. The number of para-hydroxylation sites is 1. The van der Waals surface area contributed by atoms with Gasteiger partial charge in [-0.15, -0.1) is 0 Å². The fourth-order valence-electron chi connectivity index (χ4n) is 2.99. The van der Waals surface area contributed by atoms with Gasteiger partial charge in [0, 0.05) is 23.7 Å². The van der Waals surface area contributed by atoms with Gasteiger partial charge >= 0.3 is 0 Å². The summed E-state index contributed by atoms with van der Waals surface area (Å²) in [5.41, 5.74) is 6.10. The molecule has 0 saturated heterocycles. The SMILES string of the molecule is Cc1cc2ccccc2nc1CCc1nc2c(C)ncc(C)n2n1. The predicted octanol–water partition coefficient (Wildman–Crippen LogP) is 3.38. The van der Waals surface area contributed by atoms with Crippen molar-refractivity contribution in [2.75, 3.05) is 0 Å². The number of hydrogen-bond donors (Lipinski definition) is 0. The molecule has 1 aromatic carbocycles. The van der Waals surface area contributed by atoms with E-state index < -0.39 is 0 Å². The summed E-state index contributed by atoms with van der Waals surface area (Å²) in [5, 5.41) is 5.80. The highest BCUT2D eigenvalue weighted by Gasteiger charge is 2.10. The van der Waals surface area contributed by atoms with Crippen molar-refractivity contribution >= 4 is 16.6 Å². The second-order valence-electron chi connectivity index (χ2n) is 6.19. The Morgan fingerprint density at radius 1 is 1.00 bits per heavy atom. The van der Waals surface area contributed by atoms with Crippen LogP contribution >= 0.6 is 0 Å². The molecule has 0 bridgehead atoms. The van der Waals surface area contributed by atoms with Crippen molar-refractivity contribution in [1.29, 1.82) is 0 Å². The Bertz CT molecular complexity index is 1010. The number of aryl methyl sites for hydroxylation is 5. The van der Waals surface area contributed by atoms with Crippen molar-refractivity contribution in [3.8, 4) is 0 Å². The fourth-order valence-corrected chi connectivity index (χ4v) is 2.99. The molecule has 24 heavy (non-hydrogen) atoms. The van der Waals surface area contributed by atoms with Crippen LogP contribution < -0.4 is 0 Å². The lowest BCUT2D eigenvalue weighted by atomic mass is 10.1. The lowest BCUT2D eigenvalue weighted by molar-refractivity contribution is 0.805. The van der Waals surface area contributed by atoms with E-state index in [0.29, 0.717) is 0 Å². The largest absolute Gasteiger partial charge is 0.256 e. The first kappa shape index (κ1) is 14.8. The quantitative estimate of drug-likeness (QED) is 0.581. The maximum atomic E-state index is 4.80. The molecule has 4 rings (SSSR count). The highest BCUT2D eigenvalue weighted by Crippen LogP contribution is 2.17. The first-order chi connectivity index (χ1) is 11.6. The van der Waals surface area contributed by atoms with Gasteiger partial charge in [-0.25, -0.2) is 9.50 Å². The van der Waals surface area contributed by atoms with Crippen LogP contribution in [-0.4, -0.2) is 24.6 Å². The van der Waals surface area contributed by atoms with E-state index in [9.17, 15) is 0 Å². The van der Waals surface area contributed by atoms with Crippen LogP contribution in [-0.2, 0) is 12.8 Å². The van der Waals surface area contributed by atoms with E-state index >= 15 is 0 Å². The normalized spacial score (nSPS) is 11.5. The van der Waals surface area contributed by atoms with Crippen LogP contribution in [0.1, 0.15) is 28.5 Å². The molecule has 120 valence electrons. The highest BCUT2D eigenvalue weighted by molar-refractivity contribution is 5.79. The molecule has 5 nitrogen and oxygen atoms in total. The first-order valence-electron chi connectivity index (χ1n) is 8.15. The summed E-state index contributed by atoms with van der Waals surface area (Å²) in [6, 6.07) is 10.4. The van der Waals surface area contributed by atoms with Crippen molar-refractivity contribution in [3.05, 3.63) is 65.0 Å². The molecule has 0 amide bonds. The van der Waals surface area contributed by atoms with Gasteiger partial charge in [0.15, 0.2) is 11.5 Å². The molecule has 4 aromatic rings. The molecule has 0 fully saturated rings. The van der Waals surface area contributed by atoms with Crippen LogP contribution in [0, 0.1) is 20.8 Å². The maximum Gasteiger partial charge on any atom is 0.177 e. The number of aromatic nitrogens is 5. The number of benzene rings is 1. The Morgan fingerprint density at radius 3 is 2.67 bits per heavy atom. The van der Waals surface area contributed by atoms with Crippen LogP contribution in [0.15, 0.2) is 36.5 Å². The van der Waals surface area contributed by atoms with Gasteiger partial charge < -0.3 is 0 Å². The van der Waals surface area contributed by atoms with Crippen molar-refractivity contribution in [2.24, 2.45) is 0 Å². The van der Waals surface area contributed by atoms with Crippen molar-refractivity contribution in [3.63, 3.8) is 0 Å². The van der Waals surface area contributed by atoms with E-state index in [1.165, 1.54) is 10.9 Å². The Labute approximate surface area is 140 Å². The van der Waals surface area contributed by atoms with E-state index in [0.717, 1.165) is 46.9 Å². The Morgan fingerprint density at radius 2 is 1.83 bits per heavy atom. The minimum Gasteiger partial charge on any atom is -0.256 e. The van der Waals surface area contributed by atoms with Crippen LogP contribution in [0.3, 0.4) is 0 Å². The Balaban J connectivity index is 1.64. The van der Waals surface area contributed by atoms with Gasteiger partial charge in [-0.05, 0) is 44.9 Å². The molecular formula is C19H19N5. The monoisotopic (exact) mass is 317 g/mol. The zero-order valence-corrected chi connectivity index (χ0v) is 14.1. The lowest BCUT2D eigenvalue weighted by Crippen LogP contribution is -2.00. The number of hydrogen-bond acceptors (Lipinski definition) is 4. The summed E-state index contributed by atoms with van der Waals surface area (Å²) in [6.45, 7) is 6.07. The molecule has 0 radical (unpaired) electrons. The molecule has 5 heteroatoms. The second kappa shape index (κ2) is 5.67. The minimum absolute atomic E-state index is 0.771. The average molecular weight is 317 g/mol. The Kier molecular flexibility index (Phi) is 3.49. The summed E-state index contributed by atoms with van der Waals surface area (Å²) in [7, 11) is 0. The first-order valence-corrected chi connectivity index (χ1v) is 8.15. The maximum absolute atomic E-state index is 4.80. The van der Waals surface area contributed by atoms with Crippen LogP contribution in [0.5, 0.6) is 0 Å². The van der Waals surface area contributed by atoms with Gasteiger partial charge in [0.05, 0.1) is 16.9 Å². The number of rotatable bonds is 3. The van der Waals surface area contributed by atoms with Gasteiger partial charge in [0.25, 0.3) is 0 Å². The van der Waals surface area contributed by atoms with Gasteiger partial charge in [-0.3, -0.25) is 9.97 Å². The lowest BCUT2D eigenvalue weighted by Gasteiger charge is -2.06. The van der Waals surface area contributed by atoms with Gasteiger partial charge in [0.1, 0.15) is 0 Å². The smallest absolute Gasteiger partial charge is 0.177 e. The number of pyridine rings is 1. The molecule has 3 aromatic heterocycles. The molecular weight excluding hydrogens is 298 g/mol. The fraction of sp³-hybridized carbons (Fsp3) is 0.263. The van der Waals surface area contributed by atoms with E-state index in [1.54, 1.807) is 0 Å². The molecule has 0 atom stereocenters. The summed E-state index contributed by atoms with van der Waals surface area (Å²) in [5.74, 6) is 0.837. The van der Waals surface area contributed by atoms with E-state index in [1.807, 2.05) is 36.7 Å². The molecule has 3 heterocycles. The zero-order valence-electron chi connectivity index (χ0n) is 14.1. The van der Waals surface area contributed by atoms with E-state index in [4.69, 9.17) is 4.98 Å². The molecule has 0 saturated carbocycles. The average Bonchev–Trinajstić information content (AvgIpc) is 3.02. The van der Waals surface area contributed by atoms with E-state index in [-0.39, 0.29) is 0 Å². The summed E-state index contributed by atoms with van der Waals surface area (Å²) >= 11 is 0. The van der Waals surface area contributed by atoms with Gasteiger partial charge in [0.2, 0.25) is 0 Å². The molecule has 0 aliphatic rings. The van der Waals surface area contributed by atoms with Crippen LogP contribution in [0.2, 0.25) is 0 Å². The van der Waals surface area contributed by atoms with Crippen molar-refractivity contribution in [1.82, 2.24) is 24.6 Å². The highest BCUT2D eigenvalue weighted by atomic mass is 15.3. The summed E-state index contributed by atoms with van der Waals surface area (Å²) in [6.07, 6.45) is 3.43. The predicted molar refractivity (Wildman–Crippen MR) is 94.1 cm³/mol. The van der Waals surface area contributed by atoms with Crippen molar-refractivity contribution < 1.29 is 0 Å². The molecule has 0 aliphatic heterocycles. The zero-order chi connectivity index (χ0) is 16.7. The number of fused-ring (bicyclic) bond motifs is 2. The second-order valence-corrected chi connectivity index (χ2v) is 6.19. The summed E-state index contributed by atoms with van der Waals surface area (Å²) in [4.78, 5) is 13.8.